The Hall–Kier alpha value is -9.77. The zero-order valence-corrected chi connectivity index (χ0v) is 43.3. The van der Waals surface area contributed by atoms with Crippen molar-refractivity contribution in [2.24, 2.45) is 0 Å². The van der Waals surface area contributed by atoms with Crippen molar-refractivity contribution in [3.63, 3.8) is 0 Å². The molecule has 0 atom stereocenters. The molecule has 0 spiro atoms. The van der Waals surface area contributed by atoms with E-state index < -0.39 is 0 Å². The number of hydrogen-bond donors (Lipinski definition) is 0. The van der Waals surface area contributed by atoms with Crippen molar-refractivity contribution in [2.75, 3.05) is 0 Å². The van der Waals surface area contributed by atoms with Gasteiger partial charge in [-0.3, -0.25) is 0 Å². The van der Waals surface area contributed by atoms with Gasteiger partial charge in [0.1, 0.15) is 0 Å². The topological polar surface area (TPSA) is 43.6 Å². The van der Waals surface area contributed by atoms with Gasteiger partial charge in [-0.15, -0.1) is 0 Å². The quantitative estimate of drug-likeness (QED) is 0.137. The van der Waals surface area contributed by atoms with Crippen LogP contribution in [0.15, 0.2) is 273 Å². The van der Waals surface area contributed by atoms with Crippen LogP contribution in [0, 0.1) is 0 Å². The molecule has 0 bridgehead atoms. The SMILES string of the molecule is CC(C)(C)c1ccc(-c2cc(-c3nc(-c4ccc(-c5ccccc5)cc4)nc(-c4ccc(-c5ccccc5)cc4)n3)cc(-c3ccccc3)c2-n2c3ccc(-c4ccccc4)cc3c3cc(-c4ccccc4)ccc32)cc1. The van der Waals surface area contributed by atoms with Crippen LogP contribution in [0.5, 0.6) is 0 Å². The Morgan fingerprint density at radius 1 is 0.260 bits per heavy atom. The summed E-state index contributed by atoms with van der Waals surface area (Å²) in [6.45, 7) is 6.81. The Balaban J connectivity index is 1.08. The Bertz CT molecular complexity index is 4020. The second-order valence-electron chi connectivity index (χ2n) is 20.8. The molecular formula is C73H54N4. The van der Waals surface area contributed by atoms with E-state index >= 15 is 0 Å². The summed E-state index contributed by atoms with van der Waals surface area (Å²) >= 11 is 0. The van der Waals surface area contributed by atoms with Gasteiger partial charge >= 0.3 is 0 Å². The summed E-state index contributed by atoms with van der Waals surface area (Å²) in [6, 6.07) is 97.9. The highest BCUT2D eigenvalue weighted by Crippen LogP contribution is 2.46. The van der Waals surface area contributed by atoms with Crippen LogP contribution in [0.3, 0.4) is 0 Å². The lowest BCUT2D eigenvalue weighted by Gasteiger charge is -2.22. The minimum Gasteiger partial charge on any atom is -0.308 e. The summed E-state index contributed by atoms with van der Waals surface area (Å²) < 4.78 is 2.50. The molecule has 13 rings (SSSR count). The maximum Gasteiger partial charge on any atom is 0.164 e. The molecule has 0 aliphatic carbocycles. The van der Waals surface area contributed by atoms with Crippen molar-refractivity contribution in [1.82, 2.24) is 19.5 Å². The van der Waals surface area contributed by atoms with Gasteiger partial charge in [-0.1, -0.05) is 257 Å². The molecule has 4 nitrogen and oxygen atoms in total. The van der Waals surface area contributed by atoms with Gasteiger partial charge in [0.2, 0.25) is 0 Å². The van der Waals surface area contributed by atoms with Crippen molar-refractivity contribution in [3.8, 4) is 107 Å². The molecule has 77 heavy (non-hydrogen) atoms. The molecule has 0 radical (unpaired) electrons. The van der Waals surface area contributed by atoms with Gasteiger partial charge in [-0.2, -0.15) is 0 Å². The summed E-state index contributed by atoms with van der Waals surface area (Å²) in [6.07, 6.45) is 0. The van der Waals surface area contributed by atoms with Crippen molar-refractivity contribution >= 4 is 21.8 Å². The molecule has 0 fully saturated rings. The lowest BCUT2D eigenvalue weighted by Crippen LogP contribution is -2.10. The van der Waals surface area contributed by atoms with E-state index in [0.29, 0.717) is 17.5 Å². The molecule has 0 N–H and O–H groups in total. The van der Waals surface area contributed by atoms with Crippen LogP contribution in [0.2, 0.25) is 0 Å². The lowest BCUT2D eigenvalue weighted by atomic mass is 9.85. The van der Waals surface area contributed by atoms with Crippen LogP contribution < -0.4 is 0 Å². The van der Waals surface area contributed by atoms with Gasteiger partial charge in [0.25, 0.3) is 0 Å². The average Bonchev–Trinajstić information content (AvgIpc) is 3.85. The van der Waals surface area contributed by atoms with Gasteiger partial charge in [0.05, 0.1) is 16.7 Å². The minimum atomic E-state index is -0.0333. The molecule has 11 aromatic carbocycles. The smallest absolute Gasteiger partial charge is 0.164 e. The molecule has 366 valence electrons. The monoisotopic (exact) mass is 986 g/mol. The average molecular weight is 987 g/mol. The normalized spacial score (nSPS) is 11.6. The third-order valence-corrected chi connectivity index (χ3v) is 14.9. The Kier molecular flexibility index (Phi) is 12.1. The van der Waals surface area contributed by atoms with Crippen LogP contribution in [0.1, 0.15) is 26.3 Å². The van der Waals surface area contributed by atoms with Crippen molar-refractivity contribution < 1.29 is 0 Å². The largest absolute Gasteiger partial charge is 0.308 e. The van der Waals surface area contributed by atoms with E-state index in [-0.39, 0.29) is 5.41 Å². The number of nitrogens with zero attached hydrogens (tertiary/aromatic N) is 4. The zero-order valence-electron chi connectivity index (χ0n) is 43.3. The molecule has 0 amide bonds. The summed E-state index contributed by atoms with van der Waals surface area (Å²) in [7, 11) is 0. The summed E-state index contributed by atoms with van der Waals surface area (Å²) in [5.74, 6) is 1.79. The number of rotatable bonds is 10. The molecule has 0 unspecified atom stereocenters. The highest BCUT2D eigenvalue weighted by atomic mass is 15.0. The van der Waals surface area contributed by atoms with E-state index in [1.54, 1.807) is 0 Å². The fraction of sp³-hybridized carbons (Fsp3) is 0.0548. The summed E-state index contributed by atoms with van der Waals surface area (Å²) in [5, 5.41) is 2.36. The first-order chi connectivity index (χ1) is 37.8. The molecular weight excluding hydrogens is 933 g/mol. The van der Waals surface area contributed by atoms with Gasteiger partial charge in [0, 0.05) is 38.6 Å². The van der Waals surface area contributed by atoms with Gasteiger partial charge in [-0.05, 0) is 103 Å². The van der Waals surface area contributed by atoms with E-state index in [1.165, 1.54) is 38.6 Å². The third-order valence-electron chi connectivity index (χ3n) is 14.9. The van der Waals surface area contributed by atoms with Crippen molar-refractivity contribution in [2.45, 2.75) is 26.2 Å². The molecule has 0 aliphatic heterocycles. The first-order valence-electron chi connectivity index (χ1n) is 26.4. The molecule has 0 aliphatic rings. The summed E-state index contributed by atoms with van der Waals surface area (Å²) in [5.41, 5.74) is 20.8. The van der Waals surface area contributed by atoms with E-state index in [4.69, 9.17) is 15.0 Å². The van der Waals surface area contributed by atoms with Crippen LogP contribution in [-0.2, 0) is 5.41 Å². The fourth-order valence-corrected chi connectivity index (χ4v) is 10.7. The number of benzene rings is 11. The van der Waals surface area contributed by atoms with Crippen molar-refractivity contribution in [3.05, 3.63) is 279 Å². The number of aromatic nitrogens is 4. The van der Waals surface area contributed by atoms with E-state index in [2.05, 4.69) is 286 Å². The van der Waals surface area contributed by atoms with Crippen molar-refractivity contribution in [1.29, 1.82) is 0 Å². The first kappa shape index (κ1) is 47.0. The minimum absolute atomic E-state index is 0.0333. The van der Waals surface area contributed by atoms with Gasteiger partial charge in [0.15, 0.2) is 17.5 Å². The van der Waals surface area contributed by atoms with E-state index in [1.807, 2.05) is 12.1 Å². The van der Waals surface area contributed by atoms with Gasteiger partial charge < -0.3 is 4.57 Å². The maximum absolute atomic E-state index is 5.42. The van der Waals surface area contributed by atoms with Crippen LogP contribution >= 0.6 is 0 Å². The number of fused-ring (bicyclic) bond motifs is 3. The zero-order chi connectivity index (χ0) is 51.9. The highest BCUT2D eigenvalue weighted by Gasteiger charge is 2.25. The molecule has 13 aromatic rings. The summed E-state index contributed by atoms with van der Waals surface area (Å²) in [4.78, 5) is 16.1. The van der Waals surface area contributed by atoms with Gasteiger partial charge in [-0.25, -0.2) is 15.0 Å². The first-order valence-corrected chi connectivity index (χ1v) is 26.4. The van der Waals surface area contributed by atoms with E-state index in [0.717, 1.165) is 77.9 Å². The molecule has 2 aromatic heterocycles. The molecule has 0 saturated heterocycles. The van der Waals surface area contributed by atoms with Crippen LogP contribution in [-0.4, -0.2) is 19.5 Å². The predicted molar refractivity (Wildman–Crippen MR) is 322 cm³/mol. The maximum atomic E-state index is 5.42. The second kappa shape index (κ2) is 19.8. The highest BCUT2D eigenvalue weighted by molar-refractivity contribution is 6.13. The Morgan fingerprint density at radius 2 is 0.545 bits per heavy atom. The second-order valence-corrected chi connectivity index (χ2v) is 20.8. The Morgan fingerprint density at radius 3 is 0.922 bits per heavy atom. The van der Waals surface area contributed by atoms with Crippen LogP contribution in [0.25, 0.3) is 128 Å². The lowest BCUT2D eigenvalue weighted by molar-refractivity contribution is 0.590. The third kappa shape index (κ3) is 9.21. The molecule has 2 heterocycles. The number of hydrogen-bond acceptors (Lipinski definition) is 3. The molecule has 4 heteroatoms. The molecule has 0 saturated carbocycles. The Labute approximate surface area is 450 Å². The van der Waals surface area contributed by atoms with E-state index in [9.17, 15) is 0 Å². The van der Waals surface area contributed by atoms with Crippen LogP contribution in [0.4, 0.5) is 0 Å². The predicted octanol–water partition coefficient (Wildman–Crippen LogP) is 19.3. The fourth-order valence-electron chi connectivity index (χ4n) is 10.7. The standard InChI is InChI=1S/C73H54N4/c1-73(2,3)62-41-37-56(38-42-62)64-48-61(72-75-70(57-33-29-53(30-34-57)49-19-9-4-10-20-49)74-71(76-72)58-35-31-54(32-36-58)50-21-11-5-12-22-50)47-63(55-27-17-8-18-28-55)69(64)77-67-43-39-59(51-23-13-6-14-24-51)45-65(67)66-46-60(40-44-68(66)77)52-25-15-7-16-26-52/h4-48H,1-3H3.